The highest BCUT2D eigenvalue weighted by Crippen LogP contribution is 2.35. The summed E-state index contributed by atoms with van der Waals surface area (Å²) in [7, 11) is 0. The molecule has 0 amide bonds. The predicted molar refractivity (Wildman–Crippen MR) is 74.7 cm³/mol. The van der Waals surface area contributed by atoms with Gasteiger partial charge in [-0.05, 0) is 71.1 Å². The Balaban J connectivity index is 2.04. The number of hydrogen-bond acceptors (Lipinski definition) is 2. The molecule has 0 aromatic carbocycles. The number of nitrogens with two attached hydrogens (primary N) is 1. The van der Waals surface area contributed by atoms with Gasteiger partial charge in [0.25, 0.3) is 0 Å². The van der Waals surface area contributed by atoms with Gasteiger partial charge < -0.3 is 5.73 Å². The third kappa shape index (κ3) is 3.52. The Labute approximate surface area is 112 Å². The van der Waals surface area contributed by atoms with Crippen LogP contribution in [-0.4, -0.2) is 11.5 Å². The highest BCUT2D eigenvalue weighted by Gasteiger charge is 2.27. The normalized spacial score (nSPS) is 29.2. The van der Waals surface area contributed by atoms with Crippen LogP contribution >= 0.6 is 15.9 Å². The molecular formula is C14H21BrN2. The monoisotopic (exact) mass is 296 g/mol. The lowest BCUT2D eigenvalue weighted by Crippen LogP contribution is -2.31. The molecule has 1 heterocycles. The number of rotatable bonds is 3. The van der Waals surface area contributed by atoms with E-state index in [1.54, 1.807) is 0 Å². The van der Waals surface area contributed by atoms with Crippen molar-refractivity contribution in [2.75, 3.05) is 6.54 Å². The number of nitrogens with zero attached hydrogens (tertiary/aromatic N) is 1. The lowest BCUT2D eigenvalue weighted by atomic mass is 9.72. The van der Waals surface area contributed by atoms with Gasteiger partial charge in [-0.1, -0.05) is 13.3 Å². The standard InChI is InChI=1S/C14H21BrN2/c1-10-2-3-12(7-16)13(4-10)5-11-6-14(15)9-17-8-11/h6,8-10,12-13H,2-5,7,16H2,1H3. The van der Waals surface area contributed by atoms with Gasteiger partial charge in [0, 0.05) is 16.9 Å². The summed E-state index contributed by atoms with van der Waals surface area (Å²) < 4.78 is 1.07. The zero-order valence-corrected chi connectivity index (χ0v) is 12.0. The van der Waals surface area contributed by atoms with Gasteiger partial charge in [0.15, 0.2) is 0 Å². The molecular weight excluding hydrogens is 276 g/mol. The van der Waals surface area contributed by atoms with Gasteiger partial charge in [-0.3, -0.25) is 4.98 Å². The summed E-state index contributed by atoms with van der Waals surface area (Å²) >= 11 is 3.48. The van der Waals surface area contributed by atoms with E-state index in [1.165, 1.54) is 24.8 Å². The molecule has 3 atom stereocenters. The minimum atomic E-state index is 0.699. The van der Waals surface area contributed by atoms with Gasteiger partial charge in [-0.2, -0.15) is 0 Å². The predicted octanol–water partition coefficient (Wildman–Crippen LogP) is 3.40. The van der Waals surface area contributed by atoms with Gasteiger partial charge in [0.1, 0.15) is 0 Å². The van der Waals surface area contributed by atoms with Crippen molar-refractivity contribution in [1.29, 1.82) is 0 Å². The Morgan fingerprint density at radius 3 is 2.88 bits per heavy atom. The van der Waals surface area contributed by atoms with E-state index in [9.17, 15) is 0 Å². The topological polar surface area (TPSA) is 38.9 Å². The van der Waals surface area contributed by atoms with E-state index in [2.05, 4.69) is 33.9 Å². The molecule has 0 saturated heterocycles. The zero-order valence-electron chi connectivity index (χ0n) is 10.4. The molecule has 1 aromatic heterocycles. The Morgan fingerprint density at radius 1 is 1.35 bits per heavy atom. The molecule has 1 aromatic rings. The van der Waals surface area contributed by atoms with E-state index in [0.717, 1.165) is 29.3 Å². The second-order valence-electron chi connectivity index (χ2n) is 5.39. The fraction of sp³-hybridized carbons (Fsp3) is 0.643. The third-order valence-electron chi connectivity index (χ3n) is 3.96. The fourth-order valence-corrected chi connectivity index (χ4v) is 3.40. The van der Waals surface area contributed by atoms with Crippen LogP contribution in [0.15, 0.2) is 22.9 Å². The molecule has 1 saturated carbocycles. The van der Waals surface area contributed by atoms with Gasteiger partial charge in [-0.15, -0.1) is 0 Å². The van der Waals surface area contributed by atoms with Gasteiger partial charge >= 0.3 is 0 Å². The minimum absolute atomic E-state index is 0.699. The largest absolute Gasteiger partial charge is 0.330 e. The summed E-state index contributed by atoms with van der Waals surface area (Å²) in [6, 6.07) is 2.18. The van der Waals surface area contributed by atoms with Gasteiger partial charge in [0.05, 0.1) is 0 Å². The first-order valence-electron chi connectivity index (χ1n) is 6.48. The van der Waals surface area contributed by atoms with Crippen molar-refractivity contribution in [2.45, 2.75) is 32.6 Å². The summed E-state index contributed by atoms with van der Waals surface area (Å²) in [6.45, 7) is 3.19. The summed E-state index contributed by atoms with van der Waals surface area (Å²) in [5, 5.41) is 0. The molecule has 1 aliphatic rings. The molecule has 1 aliphatic carbocycles. The Bertz CT molecular complexity index is 367. The van der Waals surface area contributed by atoms with E-state index in [0.29, 0.717) is 5.92 Å². The van der Waals surface area contributed by atoms with Crippen molar-refractivity contribution in [3.63, 3.8) is 0 Å². The number of aromatic nitrogens is 1. The first kappa shape index (κ1) is 13.0. The van der Waals surface area contributed by atoms with Crippen LogP contribution in [0.25, 0.3) is 0 Å². The van der Waals surface area contributed by atoms with E-state index >= 15 is 0 Å². The average Bonchev–Trinajstić information content (AvgIpc) is 2.29. The molecule has 0 spiro atoms. The lowest BCUT2D eigenvalue weighted by Gasteiger charge is -2.34. The van der Waals surface area contributed by atoms with Crippen molar-refractivity contribution in [1.82, 2.24) is 4.98 Å². The lowest BCUT2D eigenvalue weighted by molar-refractivity contribution is 0.193. The maximum absolute atomic E-state index is 5.90. The highest BCUT2D eigenvalue weighted by atomic mass is 79.9. The summed E-state index contributed by atoms with van der Waals surface area (Å²) in [4.78, 5) is 4.24. The van der Waals surface area contributed by atoms with Crippen LogP contribution in [-0.2, 0) is 6.42 Å². The molecule has 0 aliphatic heterocycles. The van der Waals surface area contributed by atoms with Gasteiger partial charge in [0.2, 0.25) is 0 Å². The molecule has 1 fully saturated rings. The van der Waals surface area contributed by atoms with Crippen LogP contribution in [0.4, 0.5) is 0 Å². The number of pyridine rings is 1. The van der Waals surface area contributed by atoms with Crippen molar-refractivity contribution in [3.05, 3.63) is 28.5 Å². The molecule has 17 heavy (non-hydrogen) atoms. The number of hydrogen-bond donors (Lipinski definition) is 1. The molecule has 3 heteroatoms. The Hall–Kier alpha value is -0.410. The molecule has 2 N–H and O–H groups in total. The Kier molecular flexibility index (Phi) is 4.57. The van der Waals surface area contributed by atoms with Gasteiger partial charge in [-0.25, -0.2) is 0 Å². The van der Waals surface area contributed by atoms with E-state index in [4.69, 9.17) is 5.73 Å². The quantitative estimate of drug-likeness (QED) is 0.928. The molecule has 0 radical (unpaired) electrons. The van der Waals surface area contributed by atoms with Crippen LogP contribution in [0.3, 0.4) is 0 Å². The van der Waals surface area contributed by atoms with Crippen molar-refractivity contribution in [2.24, 2.45) is 23.5 Å². The second kappa shape index (κ2) is 5.96. The maximum atomic E-state index is 5.90. The van der Waals surface area contributed by atoms with Crippen LogP contribution in [0.1, 0.15) is 31.7 Å². The SMILES string of the molecule is CC1CCC(CN)C(Cc2cncc(Br)c2)C1. The van der Waals surface area contributed by atoms with Crippen LogP contribution in [0, 0.1) is 17.8 Å². The molecule has 94 valence electrons. The van der Waals surface area contributed by atoms with Crippen LogP contribution in [0.5, 0.6) is 0 Å². The minimum Gasteiger partial charge on any atom is -0.330 e. The van der Waals surface area contributed by atoms with E-state index in [1.807, 2.05) is 12.4 Å². The van der Waals surface area contributed by atoms with Crippen LogP contribution in [0.2, 0.25) is 0 Å². The molecule has 0 bridgehead atoms. The highest BCUT2D eigenvalue weighted by molar-refractivity contribution is 9.10. The molecule has 3 unspecified atom stereocenters. The second-order valence-corrected chi connectivity index (χ2v) is 6.31. The fourth-order valence-electron chi connectivity index (χ4n) is 2.99. The molecule has 2 nitrogen and oxygen atoms in total. The molecule has 2 rings (SSSR count). The summed E-state index contributed by atoms with van der Waals surface area (Å²) in [5.41, 5.74) is 7.23. The zero-order chi connectivity index (χ0) is 12.3. The maximum Gasteiger partial charge on any atom is 0.0410 e. The Morgan fingerprint density at radius 2 is 2.18 bits per heavy atom. The first-order valence-corrected chi connectivity index (χ1v) is 7.28. The van der Waals surface area contributed by atoms with Crippen molar-refractivity contribution >= 4 is 15.9 Å². The van der Waals surface area contributed by atoms with E-state index < -0.39 is 0 Å². The summed E-state index contributed by atoms with van der Waals surface area (Å²) in [5.74, 6) is 2.29. The number of halogens is 1. The van der Waals surface area contributed by atoms with Crippen molar-refractivity contribution < 1.29 is 0 Å². The van der Waals surface area contributed by atoms with E-state index in [-0.39, 0.29) is 0 Å². The van der Waals surface area contributed by atoms with Crippen LogP contribution < -0.4 is 5.73 Å². The first-order chi connectivity index (χ1) is 8.19. The summed E-state index contributed by atoms with van der Waals surface area (Å²) in [6.07, 6.45) is 8.90. The third-order valence-corrected chi connectivity index (χ3v) is 4.40. The van der Waals surface area contributed by atoms with Crippen molar-refractivity contribution in [3.8, 4) is 0 Å². The smallest absolute Gasteiger partial charge is 0.0410 e. The average molecular weight is 297 g/mol.